The van der Waals surface area contributed by atoms with Crippen LogP contribution >= 0.6 is 0 Å². The number of nitrogens with one attached hydrogen (secondary N) is 1. The van der Waals surface area contributed by atoms with Gasteiger partial charge in [-0.05, 0) is 42.3 Å². The van der Waals surface area contributed by atoms with Crippen LogP contribution in [0.5, 0.6) is 11.5 Å². The first-order valence-corrected chi connectivity index (χ1v) is 8.13. The van der Waals surface area contributed by atoms with Crippen LogP contribution in [-0.2, 0) is 6.42 Å². The second kappa shape index (κ2) is 8.94. The predicted octanol–water partition coefficient (Wildman–Crippen LogP) is 2.73. The Kier molecular flexibility index (Phi) is 6.65. The highest BCUT2D eigenvalue weighted by atomic mass is 16.5. The number of ether oxygens (including phenoxy) is 2. The molecule has 1 atom stereocenters. The van der Waals surface area contributed by atoms with E-state index in [9.17, 15) is 5.11 Å². The van der Waals surface area contributed by atoms with Crippen LogP contribution in [0.3, 0.4) is 0 Å². The van der Waals surface area contributed by atoms with E-state index in [0.717, 1.165) is 12.1 Å². The van der Waals surface area contributed by atoms with E-state index in [-0.39, 0.29) is 12.5 Å². The molecule has 0 fully saturated rings. The van der Waals surface area contributed by atoms with Gasteiger partial charge in [-0.2, -0.15) is 0 Å². The van der Waals surface area contributed by atoms with Crippen molar-refractivity contribution < 1.29 is 14.6 Å². The molecule has 0 spiro atoms. The Hall–Kier alpha value is -2.73. The molecule has 6 heteroatoms. The number of nitrogens with zero attached hydrogens (tertiary/aromatic N) is 1. The molecule has 0 amide bonds. The first-order chi connectivity index (χ1) is 12.1. The van der Waals surface area contributed by atoms with Crippen molar-refractivity contribution in [1.29, 1.82) is 0 Å². The molecule has 2 rings (SSSR count). The summed E-state index contributed by atoms with van der Waals surface area (Å²) < 4.78 is 10.5. The maximum absolute atomic E-state index is 10.4. The van der Waals surface area contributed by atoms with Gasteiger partial charge in [0.1, 0.15) is 17.6 Å². The molecule has 0 heterocycles. The normalized spacial score (nSPS) is 12.6. The van der Waals surface area contributed by atoms with Gasteiger partial charge in [0.15, 0.2) is 5.96 Å². The molecule has 1 unspecified atom stereocenters. The number of aliphatic hydroxyl groups excluding tert-OH is 1. The average Bonchev–Trinajstić information content (AvgIpc) is 2.66. The first kappa shape index (κ1) is 18.6. The molecule has 0 saturated heterocycles. The lowest BCUT2D eigenvalue weighted by molar-refractivity contribution is 0.182. The molecular formula is C19H25N3O3. The number of hydrogen-bond acceptors (Lipinski definition) is 4. The molecule has 0 aliphatic carbocycles. The van der Waals surface area contributed by atoms with E-state index in [0.29, 0.717) is 17.1 Å². The van der Waals surface area contributed by atoms with Crippen molar-refractivity contribution >= 4 is 11.6 Å². The Morgan fingerprint density at radius 2 is 1.88 bits per heavy atom. The largest absolute Gasteiger partial charge is 0.497 e. The van der Waals surface area contributed by atoms with Crippen molar-refractivity contribution in [2.75, 3.05) is 26.1 Å². The fourth-order valence-corrected chi connectivity index (χ4v) is 2.39. The quantitative estimate of drug-likeness (QED) is 0.531. The standard InChI is InChI=1S/C19H25N3O3/c1-4-13-5-7-14(8-6-13)22-19(20)21-12-17(23)16-11-15(24-2)9-10-18(16)25-3/h5-11,17,23H,4,12H2,1-3H3,(H3,20,21,22). The lowest BCUT2D eigenvalue weighted by Gasteiger charge is -2.15. The van der Waals surface area contributed by atoms with Crippen LogP contribution in [0.4, 0.5) is 5.69 Å². The third kappa shape index (κ3) is 5.12. The van der Waals surface area contributed by atoms with Gasteiger partial charge in [0.2, 0.25) is 0 Å². The number of aliphatic hydroxyl groups is 1. The fraction of sp³-hybridized carbons (Fsp3) is 0.316. The smallest absolute Gasteiger partial charge is 0.193 e. The summed E-state index contributed by atoms with van der Waals surface area (Å²) in [5.41, 5.74) is 8.61. The zero-order valence-electron chi connectivity index (χ0n) is 14.8. The monoisotopic (exact) mass is 343 g/mol. The molecule has 0 aliphatic rings. The van der Waals surface area contributed by atoms with Gasteiger partial charge in [-0.25, -0.2) is 0 Å². The van der Waals surface area contributed by atoms with Crippen molar-refractivity contribution in [2.45, 2.75) is 19.4 Å². The minimum absolute atomic E-state index is 0.107. The van der Waals surface area contributed by atoms with Crippen molar-refractivity contribution in [3.63, 3.8) is 0 Å². The number of aliphatic imine (C=N–C) groups is 1. The summed E-state index contributed by atoms with van der Waals surface area (Å²) in [6, 6.07) is 13.2. The van der Waals surface area contributed by atoms with Crippen LogP contribution in [0.25, 0.3) is 0 Å². The van der Waals surface area contributed by atoms with E-state index in [4.69, 9.17) is 15.2 Å². The second-order valence-electron chi connectivity index (χ2n) is 5.53. The van der Waals surface area contributed by atoms with Crippen LogP contribution < -0.4 is 20.5 Å². The van der Waals surface area contributed by atoms with E-state index in [1.165, 1.54) is 5.56 Å². The molecule has 0 aromatic heterocycles. The fourth-order valence-electron chi connectivity index (χ4n) is 2.39. The summed E-state index contributed by atoms with van der Waals surface area (Å²) >= 11 is 0. The number of aryl methyl sites for hydroxylation is 1. The summed E-state index contributed by atoms with van der Waals surface area (Å²) in [5.74, 6) is 1.45. The Morgan fingerprint density at radius 3 is 2.48 bits per heavy atom. The summed E-state index contributed by atoms with van der Waals surface area (Å²) in [4.78, 5) is 4.21. The van der Waals surface area contributed by atoms with Gasteiger partial charge < -0.3 is 25.6 Å². The summed E-state index contributed by atoms with van der Waals surface area (Å²) in [5, 5.41) is 13.4. The van der Waals surface area contributed by atoms with Gasteiger partial charge in [-0.1, -0.05) is 19.1 Å². The molecule has 2 aromatic carbocycles. The number of methoxy groups -OCH3 is 2. The van der Waals surface area contributed by atoms with Gasteiger partial charge in [-0.3, -0.25) is 4.99 Å². The zero-order chi connectivity index (χ0) is 18.2. The predicted molar refractivity (Wildman–Crippen MR) is 100 cm³/mol. The van der Waals surface area contributed by atoms with E-state index in [1.807, 2.05) is 24.3 Å². The van der Waals surface area contributed by atoms with E-state index >= 15 is 0 Å². The molecule has 6 nitrogen and oxygen atoms in total. The highest BCUT2D eigenvalue weighted by Gasteiger charge is 2.14. The van der Waals surface area contributed by atoms with Crippen molar-refractivity contribution in [1.82, 2.24) is 0 Å². The van der Waals surface area contributed by atoms with Gasteiger partial charge in [0.25, 0.3) is 0 Å². The molecule has 0 bridgehead atoms. The van der Waals surface area contributed by atoms with Crippen LogP contribution in [0.1, 0.15) is 24.2 Å². The van der Waals surface area contributed by atoms with Crippen molar-refractivity contribution in [3.05, 3.63) is 53.6 Å². The molecule has 25 heavy (non-hydrogen) atoms. The number of anilines is 1. The second-order valence-corrected chi connectivity index (χ2v) is 5.53. The minimum atomic E-state index is -0.854. The number of hydrogen-bond donors (Lipinski definition) is 3. The Bertz CT molecular complexity index is 714. The van der Waals surface area contributed by atoms with Gasteiger partial charge >= 0.3 is 0 Å². The summed E-state index contributed by atoms with van der Waals surface area (Å²) in [6.45, 7) is 2.21. The zero-order valence-corrected chi connectivity index (χ0v) is 14.8. The van der Waals surface area contributed by atoms with Crippen LogP contribution in [0.2, 0.25) is 0 Å². The molecule has 4 N–H and O–H groups in total. The molecule has 2 aromatic rings. The number of benzene rings is 2. The first-order valence-electron chi connectivity index (χ1n) is 8.13. The van der Waals surface area contributed by atoms with Crippen molar-refractivity contribution in [3.8, 4) is 11.5 Å². The summed E-state index contributed by atoms with van der Waals surface area (Å²) in [7, 11) is 3.12. The highest BCUT2D eigenvalue weighted by Crippen LogP contribution is 2.29. The van der Waals surface area contributed by atoms with Crippen LogP contribution in [0, 0.1) is 0 Å². The molecule has 0 radical (unpaired) electrons. The van der Waals surface area contributed by atoms with Gasteiger partial charge in [-0.15, -0.1) is 0 Å². The lowest BCUT2D eigenvalue weighted by Crippen LogP contribution is -2.23. The number of nitrogens with two attached hydrogens (primary N) is 1. The Balaban J connectivity index is 2.04. The Morgan fingerprint density at radius 1 is 1.16 bits per heavy atom. The number of rotatable bonds is 7. The molecular weight excluding hydrogens is 318 g/mol. The lowest BCUT2D eigenvalue weighted by atomic mass is 10.1. The molecule has 0 aliphatic heterocycles. The average molecular weight is 343 g/mol. The Labute approximate surface area is 148 Å². The topological polar surface area (TPSA) is 89.1 Å². The van der Waals surface area contributed by atoms with E-state index in [1.54, 1.807) is 32.4 Å². The molecule has 134 valence electrons. The number of guanidine groups is 1. The minimum Gasteiger partial charge on any atom is -0.497 e. The van der Waals surface area contributed by atoms with Crippen LogP contribution in [-0.4, -0.2) is 31.8 Å². The maximum atomic E-state index is 10.4. The van der Waals surface area contributed by atoms with Crippen LogP contribution in [0.15, 0.2) is 47.5 Å². The third-order valence-corrected chi connectivity index (χ3v) is 3.87. The van der Waals surface area contributed by atoms with E-state index < -0.39 is 6.10 Å². The van der Waals surface area contributed by atoms with E-state index in [2.05, 4.69) is 17.2 Å². The molecule has 0 saturated carbocycles. The maximum Gasteiger partial charge on any atom is 0.193 e. The summed E-state index contributed by atoms with van der Waals surface area (Å²) in [6.07, 6.45) is 0.131. The SMILES string of the molecule is CCc1ccc(NC(N)=NCC(O)c2cc(OC)ccc2OC)cc1. The van der Waals surface area contributed by atoms with Gasteiger partial charge in [0.05, 0.1) is 20.8 Å². The third-order valence-electron chi connectivity index (χ3n) is 3.87. The van der Waals surface area contributed by atoms with Crippen molar-refractivity contribution in [2.24, 2.45) is 10.7 Å². The van der Waals surface area contributed by atoms with Gasteiger partial charge in [0, 0.05) is 11.3 Å². The highest BCUT2D eigenvalue weighted by molar-refractivity contribution is 5.92.